The van der Waals surface area contributed by atoms with E-state index in [1.54, 1.807) is 12.1 Å². The molecule has 3 heteroatoms. The van der Waals surface area contributed by atoms with Crippen LogP contribution in [0.5, 0.6) is 0 Å². The summed E-state index contributed by atoms with van der Waals surface area (Å²) in [5.74, 6) is 0. The zero-order chi connectivity index (χ0) is 8.97. The molecule has 3 nitrogen and oxygen atoms in total. The fourth-order valence-corrected chi connectivity index (χ4v) is 1.16. The van der Waals surface area contributed by atoms with Crippen LogP contribution in [-0.4, -0.2) is 5.21 Å². The van der Waals surface area contributed by atoms with E-state index < -0.39 is 0 Å². The highest BCUT2D eigenvalue weighted by Crippen LogP contribution is 2.18. The molecule has 1 rings (SSSR count). The zero-order valence-electron chi connectivity index (χ0n) is 7.17. The van der Waals surface area contributed by atoms with Gasteiger partial charge in [0.15, 0.2) is 0 Å². The van der Waals surface area contributed by atoms with Crippen molar-refractivity contribution in [2.24, 2.45) is 0 Å². The maximum atomic E-state index is 8.63. The molecule has 0 radical (unpaired) electrons. The summed E-state index contributed by atoms with van der Waals surface area (Å²) in [5.41, 5.74) is 10.4. The van der Waals surface area contributed by atoms with Crippen LogP contribution in [0.2, 0.25) is 0 Å². The monoisotopic (exact) mass is 166 g/mol. The Balaban J connectivity index is 2.91. The zero-order valence-corrected chi connectivity index (χ0v) is 7.17. The lowest BCUT2D eigenvalue weighted by Gasteiger charge is -2.06. The molecule has 0 heterocycles. The van der Waals surface area contributed by atoms with Crippen molar-refractivity contribution in [3.8, 4) is 0 Å². The quantitative estimate of drug-likeness (QED) is 0.475. The molecule has 0 spiro atoms. The van der Waals surface area contributed by atoms with Crippen molar-refractivity contribution < 1.29 is 5.21 Å². The highest BCUT2D eigenvalue weighted by Gasteiger charge is 1.98. The summed E-state index contributed by atoms with van der Waals surface area (Å²) in [5, 5.41) is 8.63. The predicted octanol–water partition coefficient (Wildman–Crippen LogP) is 2.02. The Morgan fingerprint density at radius 2 is 2.25 bits per heavy atom. The average Bonchev–Trinajstić information content (AvgIpc) is 2.09. The van der Waals surface area contributed by atoms with Gasteiger partial charge in [0.1, 0.15) is 0 Å². The third-order valence-electron chi connectivity index (χ3n) is 1.79. The Labute approximate surface area is 72.2 Å². The highest BCUT2D eigenvalue weighted by molar-refractivity contribution is 5.56. The van der Waals surface area contributed by atoms with Crippen molar-refractivity contribution >= 4 is 11.4 Å². The van der Waals surface area contributed by atoms with Gasteiger partial charge in [-0.05, 0) is 30.2 Å². The molecule has 1 aromatic rings. The van der Waals surface area contributed by atoms with Crippen molar-refractivity contribution in [2.45, 2.75) is 19.8 Å². The Bertz CT molecular complexity index is 261. The third-order valence-corrected chi connectivity index (χ3v) is 1.79. The second kappa shape index (κ2) is 3.97. The van der Waals surface area contributed by atoms with E-state index in [4.69, 9.17) is 10.9 Å². The van der Waals surface area contributed by atoms with Gasteiger partial charge < -0.3 is 5.73 Å². The van der Waals surface area contributed by atoms with Crippen LogP contribution in [0.1, 0.15) is 18.9 Å². The summed E-state index contributed by atoms with van der Waals surface area (Å²) < 4.78 is 0. The lowest BCUT2D eigenvalue weighted by molar-refractivity contribution is 0.389. The number of anilines is 2. The summed E-state index contributed by atoms with van der Waals surface area (Å²) in [6, 6.07) is 5.40. The van der Waals surface area contributed by atoms with Gasteiger partial charge in [0.2, 0.25) is 0 Å². The van der Waals surface area contributed by atoms with Crippen LogP contribution in [0.15, 0.2) is 18.2 Å². The van der Waals surface area contributed by atoms with Crippen LogP contribution >= 0.6 is 0 Å². The summed E-state index contributed by atoms with van der Waals surface area (Å²) in [6.07, 6.45) is 2.00. The van der Waals surface area contributed by atoms with Crippen molar-refractivity contribution in [3.63, 3.8) is 0 Å². The SMILES string of the molecule is CCCc1cc(NO)ccc1N. The molecule has 4 N–H and O–H groups in total. The maximum absolute atomic E-state index is 8.63. The Hall–Kier alpha value is -1.22. The highest BCUT2D eigenvalue weighted by atomic mass is 16.5. The van der Waals surface area contributed by atoms with Crippen molar-refractivity contribution in [1.82, 2.24) is 0 Å². The molecule has 0 aliphatic carbocycles. The lowest BCUT2D eigenvalue weighted by atomic mass is 10.1. The molecule has 0 fully saturated rings. The molecule has 12 heavy (non-hydrogen) atoms. The number of hydrogen-bond acceptors (Lipinski definition) is 3. The average molecular weight is 166 g/mol. The van der Waals surface area contributed by atoms with Crippen molar-refractivity contribution in [3.05, 3.63) is 23.8 Å². The molecular formula is C9H14N2O. The molecule has 0 amide bonds. The van der Waals surface area contributed by atoms with Gasteiger partial charge >= 0.3 is 0 Å². The first-order valence-electron chi connectivity index (χ1n) is 4.06. The first-order valence-corrected chi connectivity index (χ1v) is 4.06. The molecule has 0 unspecified atom stereocenters. The van der Waals surface area contributed by atoms with E-state index in [-0.39, 0.29) is 0 Å². The van der Waals surface area contributed by atoms with Gasteiger partial charge in [0.25, 0.3) is 0 Å². The molecule has 0 aromatic heterocycles. The lowest BCUT2D eigenvalue weighted by Crippen LogP contribution is -1.96. The van der Waals surface area contributed by atoms with Crippen LogP contribution in [-0.2, 0) is 6.42 Å². The normalized spacial score (nSPS) is 9.83. The van der Waals surface area contributed by atoms with Gasteiger partial charge in [-0.15, -0.1) is 0 Å². The van der Waals surface area contributed by atoms with Gasteiger partial charge in [-0.3, -0.25) is 10.7 Å². The van der Waals surface area contributed by atoms with E-state index in [0.29, 0.717) is 5.69 Å². The van der Waals surface area contributed by atoms with E-state index in [0.717, 1.165) is 24.1 Å². The largest absolute Gasteiger partial charge is 0.399 e. The molecule has 0 saturated heterocycles. The minimum Gasteiger partial charge on any atom is -0.399 e. The van der Waals surface area contributed by atoms with Gasteiger partial charge in [-0.2, -0.15) is 0 Å². The maximum Gasteiger partial charge on any atom is 0.0606 e. The number of nitrogen functional groups attached to an aromatic ring is 1. The van der Waals surface area contributed by atoms with Gasteiger partial charge in [-0.1, -0.05) is 13.3 Å². The fourth-order valence-electron chi connectivity index (χ4n) is 1.16. The molecule has 0 aliphatic rings. The fraction of sp³-hybridized carbons (Fsp3) is 0.333. The molecule has 0 atom stereocenters. The number of rotatable bonds is 3. The van der Waals surface area contributed by atoms with Crippen LogP contribution in [0.4, 0.5) is 11.4 Å². The molecule has 0 aliphatic heterocycles. The van der Waals surface area contributed by atoms with Crippen LogP contribution in [0.3, 0.4) is 0 Å². The Kier molecular flexibility index (Phi) is 2.94. The minimum absolute atomic E-state index is 0.688. The van der Waals surface area contributed by atoms with E-state index >= 15 is 0 Å². The molecule has 0 saturated carbocycles. The van der Waals surface area contributed by atoms with Gasteiger partial charge in [-0.25, -0.2) is 0 Å². The van der Waals surface area contributed by atoms with Crippen LogP contribution in [0.25, 0.3) is 0 Å². The van der Waals surface area contributed by atoms with E-state index in [9.17, 15) is 0 Å². The Morgan fingerprint density at radius 1 is 1.50 bits per heavy atom. The minimum atomic E-state index is 0.688. The predicted molar refractivity (Wildman–Crippen MR) is 50.3 cm³/mol. The number of nitrogens with two attached hydrogens (primary N) is 1. The van der Waals surface area contributed by atoms with Gasteiger partial charge in [0.05, 0.1) is 5.69 Å². The number of benzene rings is 1. The summed E-state index contributed by atoms with van der Waals surface area (Å²) in [7, 11) is 0. The first kappa shape index (κ1) is 8.87. The Morgan fingerprint density at radius 3 is 2.83 bits per heavy atom. The molecule has 66 valence electrons. The second-order valence-electron chi connectivity index (χ2n) is 2.78. The van der Waals surface area contributed by atoms with Crippen LogP contribution < -0.4 is 11.2 Å². The second-order valence-corrected chi connectivity index (χ2v) is 2.78. The van der Waals surface area contributed by atoms with Crippen LogP contribution in [0, 0.1) is 0 Å². The summed E-state index contributed by atoms with van der Waals surface area (Å²) in [4.78, 5) is 0. The first-order chi connectivity index (χ1) is 5.77. The number of hydrogen-bond donors (Lipinski definition) is 3. The number of nitrogens with one attached hydrogen (secondary N) is 1. The number of aryl methyl sites for hydroxylation is 1. The van der Waals surface area contributed by atoms with E-state index in [1.807, 2.05) is 6.07 Å². The third kappa shape index (κ3) is 1.89. The van der Waals surface area contributed by atoms with Crippen molar-refractivity contribution in [1.29, 1.82) is 0 Å². The van der Waals surface area contributed by atoms with Gasteiger partial charge in [0, 0.05) is 5.69 Å². The molecule has 0 bridgehead atoms. The van der Waals surface area contributed by atoms with E-state index in [1.165, 1.54) is 0 Å². The summed E-state index contributed by atoms with van der Waals surface area (Å²) in [6.45, 7) is 2.10. The molecular weight excluding hydrogens is 152 g/mol. The smallest absolute Gasteiger partial charge is 0.0606 e. The van der Waals surface area contributed by atoms with Crippen molar-refractivity contribution in [2.75, 3.05) is 11.2 Å². The summed E-state index contributed by atoms with van der Waals surface area (Å²) >= 11 is 0. The van der Waals surface area contributed by atoms with E-state index in [2.05, 4.69) is 12.4 Å². The standard InChI is InChI=1S/C9H14N2O/c1-2-3-7-6-8(11-12)4-5-9(7)10/h4-6,11-12H,2-3,10H2,1H3. The molecule has 1 aromatic carbocycles. The topological polar surface area (TPSA) is 58.3 Å².